The van der Waals surface area contributed by atoms with Gasteiger partial charge in [0.25, 0.3) is 0 Å². The van der Waals surface area contributed by atoms with E-state index in [0.717, 1.165) is 6.42 Å². The second-order valence-electron chi connectivity index (χ2n) is 4.21. The molecule has 2 rings (SSSR count). The van der Waals surface area contributed by atoms with Gasteiger partial charge in [-0.1, -0.05) is 6.92 Å². The fourth-order valence-corrected chi connectivity index (χ4v) is 2.38. The lowest BCUT2D eigenvalue weighted by Gasteiger charge is -2.21. The summed E-state index contributed by atoms with van der Waals surface area (Å²) < 4.78 is 0. The molecule has 72 valence electrons. The van der Waals surface area contributed by atoms with Crippen LogP contribution in [-0.2, 0) is 6.42 Å². The SMILES string of the molecule is CC1(C(Cc2ccsc2)NN)CC1. The van der Waals surface area contributed by atoms with Crippen molar-refractivity contribution in [2.75, 3.05) is 0 Å². The molecule has 0 aliphatic heterocycles. The summed E-state index contributed by atoms with van der Waals surface area (Å²) in [4.78, 5) is 0. The summed E-state index contributed by atoms with van der Waals surface area (Å²) in [6, 6.07) is 2.63. The van der Waals surface area contributed by atoms with Crippen LogP contribution in [0.1, 0.15) is 25.3 Å². The van der Waals surface area contributed by atoms with Gasteiger partial charge in [0.2, 0.25) is 0 Å². The molecular weight excluding hydrogens is 180 g/mol. The molecule has 1 heterocycles. The number of hydrazine groups is 1. The van der Waals surface area contributed by atoms with Crippen molar-refractivity contribution in [3.05, 3.63) is 22.4 Å². The van der Waals surface area contributed by atoms with Crippen molar-refractivity contribution >= 4 is 11.3 Å². The van der Waals surface area contributed by atoms with Crippen LogP contribution in [0.5, 0.6) is 0 Å². The van der Waals surface area contributed by atoms with E-state index in [0.29, 0.717) is 11.5 Å². The highest BCUT2D eigenvalue weighted by Crippen LogP contribution is 2.48. The molecule has 0 bridgehead atoms. The molecule has 0 radical (unpaired) electrons. The molecule has 1 atom stereocenters. The Morgan fingerprint density at radius 1 is 1.69 bits per heavy atom. The van der Waals surface area contributed by atoms with Gasteiger partial charge in [-0.2, -0.15) is 11.3 Å². The summed E-state index contributed by atoms with van der Waals surface area (Å²) in [5.41, 5.74) is 4.81. The Hall–Kier alpha value is -0.380. The van der Waals surface area contributed by atoms with Crippen molar-refractivity contribution in [2.45, 2.75) is 32.2 Å². The first-order valence-corrected chi connectivity index (χ1v) is 5.66. The lowest BCUT2D eigenvalue weighted by molar-refractivity contribution is 0.359. The topological polar surface area (TPSA) is 38.0 Å². The second-order valence-corrected chi connectivity index (χ2v) is 4.99. The molecule has 0 amide bonds. The number of hydrogen-bond acceptors (Lipinski definition) is 3. The maximum absolute atomic E-state index is 5.57. The maximum atomic E-state index is 5.57. The highest BCUT2D eigenvalue weighted by molar-refractivity contribution is 7.07. The van der Waals surface area contributed by atoms with Crippen LogP contribution >= 0.6 is 11.3 Å². The molecule has 1 unspecified atom stereocenters. The Labute approximate surface area is 83.1 Å². The fourth-order valence-electron chi connectivity index (χ4n) is 1.70. The van der Waals surface area contributed by atoms with E-state index in [1.165, 1.54) is 18.4 Å². The third kappa shape index (κ3) is 1.93. The number of nitrogens with two attached hydrogens (primary N) is 1. The molecule has 2 nitrogen and oxygen atoms in total. The van der Waals surface area contributed by atoms with Crippen LogP contribution < -0.4 is 11.3 Å². The zero-order valence-electron chi connectivity index (χ0n) is 7.92. The van der Waals surface area contributed by atoms with Gasteiger partial charge in [0.15, 0.2) is 0 Å². The summed E-state index contributed by atoms with van der Waals surface area (Å²) in [6.45, 7) is 2.31. The molecule has 1 aromatic rings. The van der Waals surface area contributed by atoms with Crippen LogP contribution in [0.15, 0.2) is 16.8 Å². The normalized spacial score (nSPS) is 21.4. The van der Waals surface area contributed by atoms with E-state index >= 15 is 0 Å². The first-order valence-electron chi connectivity index (χ1n) is 4.72. The first-order chi connectivity index (χ1) is 6.24. The average molecular weight is 196 g/mol. The summed E-state index contributed by atoms with van der Waals surface area (Å²) in [5, 5.41) is 4.33. The van der Waals surface area contributed by atoms with Crippen LogP contribution in [0.25, 0.3) is 0 Å². The highest BCUT2D eigenvalue weighted by Gasteiger charge is 2.44. The van der Waals surface area contributed by atoms with E-state index in [9.17, 15) is 0 Å². The number of thiophene rings is 1. The lowest BCUT2D eigenvalue weighted by atomic mass is 9.94. The quantitative estimate of drug-likeness (QED) is 0.570. The molecule has 1 aromatic heterocycles. The number of nitrogens with one attached hydrogen (secondary N) is 1. The van der Waals surface area contributed by atoms with Gasteiger partial charge in [0.05, 0.1) is 0 Å². The fraction of sp³-hybridized carbons (Fsp3) is 0.600. The largest absolute Gasteiger partial charge is 0.271 e. The smallest absolute Gasteiger partial charge is 0.0304 e. The second kappa shape index (κ2) is 3.40. The van der Waals surface area contributed by atoms with Gasteiger partial charge >= 0.3 is 0 Å². The zero-order valence-corrected chi connectivity index (χ0v) is 8.73. The number of rotatable bonds is 4. The molecule has 3 N–H and O–H groups in total. The number of hydrogen-bond donors (Lipinski definition) is 2. The summed E-state index contributed by atoms with van der Waals surface area (Å²) in [7, 11) is 0. The van der Waals surface area contributed by atoms with Gasteiger partial charge in [-0.05, 0) is 47.1 Å². The van der Waals surface area contributed by atoms with E-state index in [2.05, 4.69) is 29.2 Å². The van der Waals surface area contributed by atoms with Crippen molar-refractivity contribution < 1.29 is 0 Å². The standard InChI is InChI=1S/C10H16N2S/c1-10(3-4-10)9(12-11)6-8-2-5-13-7-8/h2,5,7,9,12H,3-4,6,11H2,1H3. The molecule has 0 saturated heterocycles. The van der Waals surface area contributed by atoms with Crippen molar-refractivity contribution in [3.8, 4) is 0 Å². The van der Waals surface area contributed by atoms with E-state index in [4.69, 9.17) is 5.84 Å². The molecule has 1 saturated carbocycles. The molecular formula is C10H16N2S. The van der Waals surface area contributed by atoms with Crippen LogP contribution in [-0.4, -0.2) is 6.04 Å². The minimum absolute atomic E-state index is 0.446. The van der Waals surface area contributed by atoms with Gasteiger partial charge in [-0.15, -0.1) is 0 Å². The van der Waals surface area contributed by atoms with Gasteiger partial charge < -0.3 is 0 Å². The van der Waals surface area contributed by atoms with E-state index in [-0.39, 0.29) is 0 Å². The van der Waals surface area contributed by atoms with E-state index in [1.54, 1.807) is 11.3 Å². The molecule has 0 aromatic carbocycles. The molecule has 3 heteroatoms. The van der Waals surface area contributed by atoms with Crippen LogP contribution in [0.2, 0.25) is 0 Å². The van der Waals surface area contributed by atoms with Crippen LogP contribution in [0.3, 0.4) is 0 Å². The van der Waals surface area contributed by atoms with Gasteiger partial charge in [-0.25, -0.2) is 0 Å². The van der Waals surface area contributed by atoms with Gasteiger partial charge in [0, 0.05) is 6.04 Å². The van der Waals surface area contributed by atoms with E-state index in [1.807, 2.05) is 0 Å². The molecule has 1 fully saturated rings. The lowest BCUT2D eigenvalue weighted by Crippen LogP contribution is -2.42. The van der Waals surface area contributed by atoms with Gasteiger partial charge in [-0.3, -0.25) is 11.3 Å². The average Bonchev–Trinajstić information content (AvgIpc) is 2.70. The van der Waals surface area contributed by atoms with Crippen molar-refractivity contribution in [2.24, 2.45) is 11.3 Å². The van der Waals surface area contributed by atoms with Crippen molar-refractivity contribution in [3.63, 3.8) is 0 Å². The minimum atomic E-state index is 0.446. The predicted octanol–water partition coefficient (Wildman–Crippen LogP) is 1.92. The maximum Gasteiger partial charge on any atom is 0.0304 e. The Bertz CT molecular complexity index is 264. The van der Waals surface area contributed by atoms with Crippen molar-refractivity contribution in [1.82, 2.24) is 5.43 Å². The monoisotopic (exact) mass is 196 g/mol. The van der Waals surface area contributed by atoms with Gasteiger partial charge in [0.1, 0.15) is 0 Å². The minimum Gasteiger partial charge on any atom is -0.271 e. The summed E-state index contributed by atoms with van der Waals surface area (Å²) in [5.74, 6) is 5.57. The summed E-state index contributed by atoms with van der Waals surface area (Å²) >= 11 is 1.75. The Balaban J connectivity index is 1.99. The first kappa shape index (κ1) is 9.19. The highest BCUT2D eigenvalue weighted by atomic mass is 32.1. The third-order valence-electron chi connectivity index (χ3n) is 3.10. The van der Waals surface area contributed by atoms with E-state index < -0.39 is 0 Å². The predicted molar refractivity (Wildman–Crippen MR) is 56.5 cm³/mol. The molecule has 1 aliphatic rings. The molecule has 1 aliphatic carbocycles. The van der Waals surface area contributed by atoms with Crippen LogP contribution in [0, 0.1) is 5.41 Å². The molecule has 0 spiro atoms. The zero-order chi connectivity index (χ0) is 9.31. The molecule has 13 heavy (non-hydrogen) atoms. The summed E-state index contributed by atoms with van der Waals surface area (Å²) in [6.07, 6.45) is 3.69. The van der Waals surface area contributed by atoms with Crippen molar-refractivity contribution in [1.29, 1.82) is 0 Å². The third-order valence-corrected chi connectivity index (χ3v) is 3.83. The Morgan fingerprint density at radius 3 is 2.92 bits per heavy atom. The Kier molecular flexibility index (Phi) is 2.41. The van der Waals surface area contributed by atoms with Crippen LogP contribution in [0.4, 0.5) is 0 Å². The Morgan fingerprint density at radius 2 is 2.46 bits per heavy atom.